The van der Waals surface area contributed by atoms with E-state index < -0.39 is 0 Å². The highest BCUT2D eigenvalue weighted by molar-refractivity contribution is 6.33. The summed E-state index contributed by atoms with van der Waals surface area (Å²) in [5, 5.41) is 3.26. The van der Waals surface area contributed by atoms with E-state index in [4.69, 9.17) is 22.1 Å². The van der Waals surface area contributed by atoms with Crippen molar-refractivity contribution >= 4 is 48.0 Å². The van der Waals surface area contributed by atoms with E-state index in [0.29, 0.717) is 34.6 Å². The molecule has 0 atom stereocenters. The van der Waals surface area contributed by atoms with Gasteiger partial charge in [-0.3, -0.25) is 9.69 Å². The first-order valence-corrected chi connectivity index (χ1v) is 7.59. The zero-order chi connectivity index (χ0) is 15.4. The summed E-state index contributed by atoms with van der Waals surface area (Å²) in [6.45, 7) is 4.62. The molecule has 0 saturated heterocycles. The van der Waals surface area contributed by atoms with Crippen molar-refractivity contribution < 1.29 is 9.53 Å². The van der Waals surface area contributed by atoms with E-state index in [0.717, 1.165) is 13.1 Å². The van der Waals surface area contributed by atoms with E-state index in [1.54, 1.807) is 12.1 Å². The van der Waals surface area contributed by atoms with Crippen molar-refractivity contribution in [1.29, 1.82) is 0 Å². The number of hydrogen-bond donors (Lipinski definition) is 2. The molecule has 0 spiro atoms. The predicted molar refractivity (Wildman–Crippen MR) is 99.5 cm³/mol. The van der Waals surface area contributed by atoms with Crippen LogP contribution in [0.5, 0.6) is 5.75 Å². The molecule has 1 amide bonds. The number of methoxy groups -OCH3 is 1. The number of rotatable bonds is 7. The van der Waals surface area contributed by atoms with Crippen molar-refractivity contribution in [3.05, 3.63) is 22.7 Å². The van der Waals surface area contributed by atoms with Crippen LogP contribution in [0.1, 0.15) is 30.1 Å². The second-order valence-corrected chi connectivity index (χ2v) is 5.60. The summed E-state index contributed by atoms with van der Waals surface area (Å²) >= 11 is 5.97. The number of nitrogen functional groups attached to an aromatic ring is 1. The van der Waals surface area contributed by atoms with Crippen molar-refractivity contribution in [2.75, 3.05) is 32.5 Å². The number of nitrogens with two attached hydrogens (primary N) is 1. The molecule has 1 aliphatic carbocycles. The van der Waals surface area contributed by atoms with Gasteiger partial charge in [0.15, 0.2) is 0 Å². The molecule has 0 heterocycles. The number of likely N-dealkylation sites (N-methyl/N-ethyl adjacent to an activating group) is 1. The van der Waals surface area contributed by atoms with Crippen LogP contribution in [0.2, 0.25) is 5.02 Å². The Labute approximate surface area is 154 Å². The summed E-state index contributed by atoms with van der Waals surface area (Å²) in [6.07, 6.45) is 2.53. The smallest absolute Gasteiger partial charge is 0.255 e. The fourth-order valence-corrected chi connectivity index (χ4v) is 2.53. The van der Waals surface area contributed by atoms with Crippen LogP contribution in [0.25, 0.3) is 0 Å². The van der Waals surface area contributed by atoms with Gasteiger partial charge in [0.2, 0.25) is 0 Å². The van der Waals surface area contributed by atoms with E-state index in [1.165, 1.54) is 20.0 Å². The van der Waals surface area contributed by atoms with Gasteiger partial charge in [0, 0.05) is 25.2 Å². The van der Waals surface area contributed by atoms with Crippen molar-refractivity contribution in [2.45, 2.75) is 25.8 Å². The second kappa shape index (κ2) is 10.1. The molecule has 1 aromatic carbocycles. The van der Waals surface area contributed by atoms with Gasteiger partial charge >= 0.3 is 0 Å². The fraction of sp³-hybridized carbons (Fsp3) is 0.533. The SMILES string of the molecule is CCN(CCNC(=O)c1cc(Cl)c(N)cc1OC)C1CC1.Cl.Cl. The van der Waals surface area contributed by atoms with E-state index in [2.05, 4.69) is 17.1 Å². The topological polar surface area (TPSA) is 67.6 Å². The largest absolute Gasteiger partial charge is 0.496 e. The monoisotopic (exact) mass is 383 g/mol. The summed E-state index contributed by atoms with van der Waals surface area (Å²) in [7, 11) is 1.51. The van der Waals surface area contributed by atoms with E-state index >= 15 is 0 Å². The quantitative estimate of drug-likeness (QED) is 0.709. The zero-order valence-electron chi connectivity index (χ0n) is 13.3. The number of anilines is 1. The van der Waals surface area contributed by atoms with Crippen LogP contribution in [-0.4, -0.2) is 43.6 Å². The summed E-state index contributed by atoms with van der Waals surface area (Å²) in [4.78, 5) is 14.6. The number of hydrogen-bond acceptors (Lipinski definition) is 4. The lowest BCUT2D eigenvalue weighted by Gasteiger charge is -2.20. The maximum Gasteiger partial charge on any atom is 0.255 e. The molecule has 5 nitrogen and oxygen atoms in total. The number of nitrogens with zero attached hydrogens (tertiary/aromatic N) is 1. The molecule has 0 radical (unpaired) electrons. The third-order valence-electron chi connectivity index (χ3n) is 3.72. The van der Waals surface area contributed by atoms with E-state index in [-0.39, 0.29) is 30.7 Å². The van der Waals surface area contributed by atoms with Gasteiger partial charge in [-0.15, -0.1) is 24.8 Å². The van der Waals surface area contributed by atoms with Crippen molar-refractivity contribution in [1.82, 2.24) is 10.2 Å². The third kappa shape index (κ3) is 5.92. The normalized spacial score (nSPS) is 13.0. The number of carbonyl (C=O) groups is 1. The summed E-state index contributed by atoms with van der Waals surface area (Å²) in [6, 6.07) is 3.82. The van der Waals surface area contributed by atoms with Crippen LogP contribution in [0.4, 0.5) is 5.69 Å². The van der Waals surface area contributed by atoms with Crippen molar-refractivity contribution in [3.63, 3.8) is 0 Å². The van der Waals surface area contributed by atoms with Gasteiger partial charge in [-0.05, 0) is 25.5 Å². The molecule has 1 saturated carbocycles. The highest BCUT2D eigenvalue weighted by Crippen LogP contribution is 2.29. The number of halogens is 3. The van der Waals surface area contributed by atoms with Crippen molar-refractivity contribution in [2.24, 2.45) is 0 Å². The molecule has 1 aromatic rings. The van der Waals surface area contributed by atoms with Crippen LogP contribution < -0.4 is 15.8 Å². The predicted octanol–water partition coefficient (Wildman–Crippen LogP) is 2.99. The lowest BCUT2D eigenvalue weighted by atomic mass is 10.1. The van der Waals surface area contributed by atoms with Gasteiger partial charge in [0.05, 0.1) is 23.4 Å². The van der Waals surface area contributed by atoms with E-state index in [1.807, 2.05) is 0 Å². The molecule has 3 N–H and O–H groups in total. The highest BCUT2D eigenvalue weighted by atomic mass is 35.5. The molecule has 0 unspecified atom stereocenters. The van der Waals surface area contributed by atoms with Gasteiger partial charge in [0.25, 0.3) is 5.91 Å². The minimum Gasteiger partial charge on any atom is -0.496 e. The van der Waals surface area contributed by atoms with Crippen molar-refractivity contribution in [3.8, 4) is 5.75 Å². The Bertz CT molecular complexity index is 525. The summed E-state index contributed by atoms with van der Waals surface area (Å²) < 4.78 is 5.19. The lowest BCUT2D eigenvalue weighted by molar-refractivity contribution is 0.0945. The maximum atomic E-state index is 12.2. The molecule has 8 heteroatoms. The summed E-state index contributed by atoms with van der Waals surface area (Å²) in [5.74, 6) is 0.240. The number of carbonyl (C=O) groups excluding carboxylic acids is 1. The van der Waals surface area contributed by atoms with Gasteiger partial charge in [-0.1, -0.05) is 18.5 Å². The van der Waals surface area contributed by atoms with Gasteiger partial charge < -0.3 is 15.8 Å². The number of ether oxygens (including phenoxy) is 1. The summed E-state index contributed by atoms with van der Waals surface area (Å²) in [5.41, 5.74) is 6.52. The Kier molecular flexibility index (Phi) is 9.70. The molecule has 2 rings (SSSR count). The first-order valence-electron chi connectivity index (χ1n) is 7.22. The Hall–Kier alpha value is -0.880. The van der Waals surface area contributed by atoms with Crippen LogP contribution in [0.15, 0.2) is 12.1 Å². The Balaban J connectivity index is 0.00000242. The minimum absolute atomic E-state index is 0. The number of benzene rings is 1. The molecular formula is C15H24Cl3N3O2. The Morgan fingerprint density at radius 1 is 1.43 bits per heavy atom. The van der Waals surface area contributed by atoms with Crippen LogP contribution in [-0.2, 0) is 0 Å². The van der Waals surface area contributed by atoms with Gasteiger partial charge in [-0.2, -0.15) is 0 Å². The third-order valence-corrected chi connectivity index (χ3v) is 4.04. The zero-order valence-corrected chi connectivity index (χ0v) is 15.7. The Morgan fingerprint density at radius 3 is 2.61 bits per heavy atom. The average molecular weight is 385 g/mol. The molecule has 23 heavy (non-hydrogen) atoms. The van der Waals surface area contributed by atoms with Crippen LogP contribution >= 0.6 is 36.4 Å². The van der Waals surface area contributed by atoms with Gasteiger partial charge in [-0.25, -0.2) is 0 Å². The molecule has 132 valence electrons. The molecular weight excluding hydrogens is 361 g/mol. The number of amides is 1. The molecule has 1 aliphatic rings. The standard InChI is InChI=1S/C15H22ClN3O2.2ClH/c1-3-19(10-4-5-10)7-6-18-15(20)11-8-12(16)13(17)9-14(11)21-2;;/h8-10H,3-7,17H2,1-2H3,(H,18,20);2*1H. The molecule has 1 fully saturated rings. The first-order chi connectivity index (χ1) is 10.1. The average Bonchev–Trinajstić information content (AvgIpc) is 3.30. The lowest BCUT2D eigenvalue weighted by Crippen LogP contribution is -2.36. The minimum atomic E-state index is -0.194. The van der Waals surface area contributed by atoms with Gasteiger partial charge in [0.1, 0.15) is 5.75 Å². The highest BCUT2D eigenvalue weighted by Gasteiger charge is 2.27. The van der Waals surface area contributed by atoms with Crippen LogP contribution in [0, 0.1) is 0 Å². The molecule has 0 aliphatic heterocycles. The van der Waals surface area contributed by atoms with Crippen LogP contribution in [0.3, 0.4) is 0 Å². The second-order valence-electron chi connectivity index (χ2n) is 5.19. The fourth-order valence-electron chi connectivity index (χ4n) is 2.36. The number of nitrogens with one attached hydrogen (secondary N) is 1. The Morgan fingerprint density at radius 2 is 2.09 bits per heavy atom. The molecule has 0 aromatic heterocycles. The van der Waals surface area contributed by atoms with E-state index in [9.17, 15) is 4.79 Å². The molecule has 0 bridgehead atoms. The maximum absolute atomic E-state index is 12.2. The first kappa shape index (κ1) is 22.1.